The van der Waals surface area contributed by atoms with Gasteiger partial charge < -0.3 is 4.74 Å². The van der Waals surface area contributed by atoms with Gasteiger partial charge in [-0.15, -0.1) is 0 Å². The molecule has 0 spiro atoms. The van der Waals surface area contributed by atoms with Crippen LogP contribution in [0.25, 0.3) is 0 Å². The maximum Gasteiger partial charge on any atom is 0.326 e. The molecule has 0 atom stereocenters. The van der Waals surface area contributed by atoms with Crippen molar-refractivity contribution in [3.8, 4) is 5.75 Å². The first-order valence-corrected chi connectivity index (χ1v) is 8.54. The lowest BCUT2D eigenvalue weighted by Gasteiger charge is -2.07. The zero-order valence-corrected chi connectivity index (χ0v) is 13.8. The molecule has 0 saturated carbocycles. The average Bonchev–Trinajstić information content (AvgIpc) is 2.46. The second kappa shape index (κ2) is 7.01. The first kappa shape index (κ1) is 15.9. The minimum atomic E-state index is -3.71. The fourth-order valence-electron chi connectivity index (χ4n) is 1.53. The fraction of sp³-hybridized carbons (Fsp3) is 0.0714. The third-order valence-electron chi connectivity index (χ3n) is 2.49. The second-order valence-corrected chi connectivity index (χ2v) is 7.08. The molecule has 0 fully saturated rings. The van der Waals surface area contributed by atoms with Crippen molar-refractivity contribution in [1.29, 1.82) is 0 Å². The van der Waals surface area contributed by atoms with Crippen LogP contribution in [-0.4, -0.2) is 20.9 Å². The number of esters is 1. The lowest BCUT2D eigenvalue weighted by Crippen LogP contribution is -2.31. The van der Waals surface area contributed by atoms with Crippen molar-refractivity contribution in [2.24, 2.45) is 0 Å². The van der Waals surface area contributed by atoms with Gasteiger partial charge in [-0.1, -0.05) is 24.3 Å². The molecule has 0 aliphatic heterocycles. The molecule has 0 radical (unpaired) electrons. The number of nitrogens with one attached hydrogen (secondary N) is 1. The van der Waals surface area contributed by atoms with Crippen molar-refractivity contribution in [3.63, 3.8) is 0 Å². The standard InChI is InChI=1S/C14H12INO4S/c15-11-5-4-6-12(9-11)20-14(17)10-16-21(18,19)13-7-2-1-3-8-13/h1-9,16H,10H2. The molecule has 2 aromatic rings. The van der Waals surface area contributed by atoms with E-state index >= 15 is 0 Å². The van der Waals surface area contributed by atoms with Crippen LogP contribution in [0.4, 0.5) is 0 Å². The van der Waals surface area contributed by atoms with Gasteiger partial charge in [0, 0.05) is 3.57 Å². The lowest BCUT2D eigenvalue weighted by molar-refractivity contribution is -0.133. The quantitative estimate of drug-likeness (QED) is 0.460. The van der Waals surface area contributed by atoms with E-state index < -0.39 is 22.5 Å². The number of benzene rings is 2. The van der Waals surface area contributed by atoms with Gasteiger partial charge in [0.1, 0.15) is 12.3 Å². The molecule has 0 aliphatic carbocycles. The molecule has 0 heterocycles. The third-order valence-corrected chi connectivity index (χ3v) is 4.58. The number of ether oxygens (including phenoxy) is 1. The van der Waals surface area contributed by atoms with Crippen LogP contribution in [0.1, 0.15) is 0 Å². The maximum atomic E-state index is 11.9. The Morgan fingerprint density at radius 1 is 1.10 bits per heavy atom. The topological polar surface area (TPSA) is 72.5 Å². The molecule has 0 saturated heterocycles. The van der Waals surface area contributed by atoms with Gasteiger partial charge in [-0.2, -0.15) is 4.72 Å². The van der Waals surface area contributed by atoms with Crippen LogP contribution in [0.2, 0.25) is 0 Å². The molecule has 21 heavy (non-hydrogen) atoms. The molecule has 2 rings (SSSR count). The van der Waals surface area contributed by atoms with Crippen molar-refractivity contribution >= 4 is 38.6 Å². The van der Waals surface area contributed by atoms with Crippen LogP contribution in [0.15, 0.2) is 59.5 Å². The monoisotopic (exact) mass is 417 g/mol. The summed E-state index contributed by atoms with van der Waals surface area (Å²) < 4.78 is 32.0. The summed E-state index contributed by atoms with van der Waals surface area (Å²) in [5.74, 6) is -0.290. The molecule has 110 valence electrons. The van der Waals surface area contributed by atoms with Crippen molar-refractivity contribution in [1.82, 2.24) is 4.72 Å². The molecular formula is C14H12INO4S. The number of rotatable bonds is 5. The van der Waals surface area contributed by atoms with E-state index in [2.05, 4.69) is 27.3 Å². The largest absolute Gasteiger partial charge is 0.426 e. The number of carbonyl (C=O) groups is 1. The van der Waals surface area contributed by atoms with E-state index in [0.717, 1.165) is 3.57 Å². The summed E-state index contributed by atoms with van der Waals surface area (Å²) in [6.07, 6.45) is 0. The Labute approximate surface area is 136 Å². The van der Waals surface area contributed by atoms with E-state index in [4.69, 9.17) is 4.74 Å². The van der Waals surface area contributed by atoms with Crippen LogP contribution in [-0.2, 0) is 14.8 Å². The van der Waals surface area contributed by atoms with Crippen LogP contribution in [0.5, 0.6) is 5.75 Å². The van der Waals surface area contributed by atoms with Crippen LogP contribution >= 0.6 is 22.6 Å². The van der Waals surface area contributed by atoms with Gasteiger partial charge in [-0.25, -0.2) is 8.42 Å². The summed E-state index contributed by atoms with van der Waals surface area (Å²) in [4.78, 5) is 11.8. The van der Waals surface area contributed by atoms with E-state index in [-0.39, 0.29) is 4.90 Å². The SMILES string of the molecule is O=C(CNS(=O)(=O)c1ccccc1)Oc1cccc(I)c1. The molecule has 7 heteroatoms. The van der Waals surface area contributed by atoms with E-state index in [1.807, 2.05) is 6.07 Å². The molecular weight excluding hydrogens is 405 g/mol. The van der Waals surface area contributed by atoms with Gasteiger partial charge in [0.15, 0.2) is 0 Å². The van der Waals surface area contributed by atoms with Crippen molar-refractivity contribution in [3.05, 3.63) is 58.2 Å². The minimum Gasteiger partial charge on any atom is -0.426 e. The van der Waals surface area contributed by atoms with Crippen molar-refractivity contribution in [2.75, 3.05) is 6.54 Å². The normalized spacial score (nSPS) is 11.1. The molecule has 0 aromatic heterocycles. The van der Waals surface area contributed by atoms with Crippen LogP contribution in [0, 0.1) is 3.57 Å². The zero-order valence-electron chi connectivity index (χ0n) is 10.8. The summed E-state index contributed by atoms with van der Waals surface area (Å²) >= 11 is 2.09. The fourth-order valence-corrected chi connectivity index (χ4v) is 3.04. The summed E-state index contributed by atoms with van der Waals surface area (Å²) in [6.45, 7) is -0.428. The van der Waals surface area contributed by atoms with E-state index in [9.17, 15) is 13.2 Å². The predicted octanol–water partition coefficient (Wildman–Crippen LogP) is 2.18. The Morgan fingerprint density at radius 3 is 2.48 bits per heavy atom. The summed E-state index contributed by atoms with van der Waals surface area (Å²) in [6, 6.07) is 14.8. The molecule has 0 aliphatic rings. The molecule has 2 aromatic carbocycles. The zero-order chi connectivity index (χ0) is 15.3. The van der Waals surface area contributed by atoms with E-state index in [1.54, 1.807) is 36.4 Å². The summed E-state index contributed by atoms with van der Waals surface area (Å²) in [5.41, 5.74) is 0. The van der Waals surface area contributed by atoms with E-state index in [1.165, 1.54) is 12.1 Å². The van der Waals surface area contributed by atoms with Crippen molar-refractivity contribution < 1.29 is 17.9 Å². The number of halogens is 1. The Hall–Kier alpha value is -1.45. The van der Waals surface area contributed by atoms with Gasteiger partial charge in [-0.05, 0) is 52.9 Å². The molecule has 5 nitrogen and oxygen atoms in total. The highest BCUT2D eigenvalue weighted by Gasteiger charge is 2.15. The lowest BCUT2D eigenvalue weighted by atomic mass is 10.3. The highest BCUT2D eigenvalue weighted by molar-refractivity contribution is 14.1. The summed E-state index contributed by atoms with van der Waals surface area (Å²) in [7, 11) is -3.71. The first-order chi connectivity index (χ1) is 9.97. The molecule has 0 bridgehead atoms. The highest BCUT2D eigenvalue weighted by Crippen LogP contribution is 2.15. The highest BCUT2D eigenvalue weighted by atomic mass is 127. The number of carbonyl (C=O) groups excluding carboxylic acids is 1. The smallest absolute Gasteiger partial charge is 0.326 e. The predicted molar refractivity (Wildman–Crippen MR) is 86.4 cm³/mol. The van der Waals surface area contributed by atoms with Crippen LogP contribution in [0.3, 0.4) is 0 Å². The van der Waals surface area contributed by atoms with Gasteiger partial charge in [0.25, 0.3) is 0 Å². The Morgan fingerprint density at radius 2 is 1.81 bits per heavy atom. The molecule has 1 N–H and O–H groups in total. The Kier molecular flexibility index (Phi) is 5.32. The maximum absolute atomic E-state index is 11.9. The Bertz CT molecular complexity index is 732. The van der Waals surface area contributed by atoms with E-state index in [0.29, 0.717) is 5.75 Å². The average molecular weight is 417 g/mol. The molecule has 0 unspecified atom stereocenters. The van der Waals surface area contributed by atoms with Gasteiger partial charge in [0.2, 0.25) is 10.0 Å². The number of hydrogen-bond donors (Lipinski definition) is 1. The third kappa shape index (κ3) is 4.80. The van der Waals surface area contributed by atoms with Gasteiger partial charge in [-0.3, -0.25) is 4.79 Å². The van der Waals surface area contributed by atoms with Gasteiger partial charge in [0.05, 0.1) is 4.90 Å². The number of hydrogen-bond acceptors (Lipinski definition) is 4. The Balaban J connectivity index is 1.95. The van der Waals surface area contributed by atoms with Gasteiger partial charge >= 0.3 is 5.97 Å². The minimum absolute atomic E-state index is 0.104. The summed E-state index contributed by atoms with van der Waals surface area (Å²) in [5, 5.41) is 0. The first-order valence-electron chi connectivity index (χ1n) is 5.98. The second-order valence-electron chi connectivity index (χ2n) is 4.07. The molecule has 0 amide bonds. The van der Waals surface area contributed by atoms with Crippen LogP contribution < -0.4 is 9.46 Å². The number of sulfonamides is 1. The van der Waals surface area contributed by atoms with Crippen molar-refractivity contribution in [2.45, 2.75) is 4.90 Å².